The zero-order chi connectivity index (χ0) is 25.0. The minimum Gasteiger partial charge on any atom is -0.497 e. The van der Waals surface area contributed by atoms with Gasteiger partial charge in [0.2, 0.25) is 15.9 Å². The zero-order valence-corrected chi connectivity index (χ0v) is 20.8. The summed E-state index contributed by atoms with van der Waals surface area (Å²) in [6, 6.07) is 11.5. The van der Waals surface area contributed by atoms with Crippen molar-refractivity contribution < 1.29 is 22.4 Å². The predicted molar refractivity (Wildman–Crippen MR) is 134 cm³/mol. The second-order valence-electron chi connectivity index (χ2n) is 8.75. The van der Waals surface area contributed by atoms with Gasteiger partial charge in [-0.25, -0.2) is 13.2 Å². The number of sulfonamides is 1. The first-order chi connectivity index (χ1) is 16.8. The van der Waals surface area contributed by atoms with Crippen molar-refractivity contribution in [2.75, 3.05) is 25.5 Å². The fourth-order valence-corrected chi connectivity index (χ4v) is 5.91. The molecule has 9 heteroatoms. The van der Waals surface area contributed by atoms with E-state index in [4.69, 9.17) is 9.15 Å². The van der Waals surface area contributed by atoms with E-state index in [0.717, 1.165) is 36.6 Å². The monoisotopic (exact) mass is 498 g/mol. The van der Waals surface area contributed by atoms with Gasteiger partial charge < -0.3 is 14.5 Å². The number of hydrogen-bond acceptors (Lipinski definition) is 6. The van der Waals surface area contributed by atoms with Gasteiger partial charge in [0.1, 0.15) is 11.3 Å². The number of hydrogen-bond donors (Lipinski definition) is 1. The number of nitrogens with one attached hydrogen (secondary N) is 1. The van der Waals surface area contributed by atoms with E-state index < -0.39 is 15.6 Å². The van der Waals surface area contributed by atoms with Crippen LogP contribution in [0.3, 0.4) is 0 Å². The minimum atomic E-state index is -3.54. The van der Waals surface area contributed by atoms with Crippen LogP contribution < -0.4 is 15.7 Å². The molecule has 35 heavy (non-hydrogen) atoms. The summed E-state index contributed by atoms with van der Waals surface area (Å²) in [6.45, 7) is 2.91. The van der Waals surface area contributed by atoms with Gasteiger partial charge in [0.25, 0.3) is 0 Å². The van der Waals surface area contributed by atoms with Crippen LogP contribution in [0.2, 0.25) is 0 Å². The van der Waals surface area contributed by atoms with Gasteiger partial charge >= 0.3 is 5.63 Å². The number of aryl methyl sites for hydroxylation is 1. The lowest BCUT2D eigenvalue weighted by Crippen LogP contribution is -2.31. The number of amides is 1. The molecule has 1 aliphatic rings. The molecule has 8 nitrogen and oxygen atoms in total. The third-order valence-electron chi connectivity index (χ3n) is 6.44. The van der Waals surface area contributed by atoms with E-state index >= 15 is 0 Å². The van der Waals surface area contributed by atoms with E-state index in [-0.39, 0.29) is 23.6 Å². The topological polar surface area (TPSA) is 106 Å². The molecule has 1 amide bonds. The smallest absolute Gasteiger partial charge is 0.339 e. The van der Waals surface area contributed by atoms with Crippen molar-refractivity contribution in [3.05, 3.63) is 64.0 Å². The molecule has 0 bridgehead atoms. The van der Waals surface area contributed by atoms with Crippen molar-refractivity contribution in [3.8, 4) is 5.75 Å². The molecular weight excluding hydrogens is 468 g/mol. The molecule has 1 saturated heterocycles. The molecule has 1 aromatic heterocycles. The Bertz CT molecular complexity index is 1370. The molecule has 186 valence electrons. The third kappa shape index (κ3) is 5.57. The zero-order valence-electron chi connectivity index (χ0n) is 20.0. The highest BCUT2D eigenvalue weighted by Gasteiger charge is 2.25. The fourth-order valence-electron chi connectivity index (χ4n) is 4.39. The molecule has 0 aliphatic carbocycles. The highest BCUT2D eigenvalue weighted by molar-refractivity contribution is 7.89. The number of fused-ring (bicyclic) bond motifs is 1. The largest absolute Gasteiger partial charge is 0.497 e. The van der Waals surface area contributed by atoms with Crippen LogP contribution in [0.25, 0.3) is 11.0 Å². The molecule has 0 atom stereocenters. The standard InChI is InChI=1S/C26H30N2O6S/c1-18-22-12-9-20(33-2)17-24(22)34-26(30)23(18)13-14-25(29)27-19-7-10-21(11-8-19)35(31,32)28-15-5-3-4-6-16-28/h7-12,17H,3-6,13-16H2,1-2H3,(H,27,29). The van der Waals surface area contributed by atoms with Gasteiger partial charge in [-0.05, 0) is 68.1 Å². The summed E-state index contributed by atoms with van der Waals surface area (Å²) < 4.78 is 38.0. The van der Waals surface area contributed by atoms with E-state index in [1.165, 1.54) is 12.1 Å². The molecule has 0 radical (unpaired) electrons. The molecule has 4 rings (SSSR count). The van der Waals surface area contributed by atoms with Crippen LogP contribution in [-0.4, -0.2) is 38.8 Å². The normalized spacial score (nSPS) is 15.0. The van der Waals surface area contributed by atoms with E-state index in [1.54, 1.807) is 35.7 Å². The van der Waals surface area contributed by atoms with Crippen LogP contribution in [-0.2, 0) is 21.2 Å². The molecule has 0 saturated carbocycles. The first-order valence-corrected chi connectivity index (χ1v) is 13.2. The second-order valence-corrected chi connectivity index (χ2v) is 10.7. The van der Waals surface area contributed by atoms with Crippen molar-refractivity contribution in [2.45, 2.75) is 50.3 Å². The number of benzene rings is 2. The number of methoxy groups -OCH3 is 1. The minimum absolute atomic E-state index is 0.0844. The summed E-state index contributed by atoms with van der Waals surface area (Å²) in [6.07, 6.45) is 4.15. The van der Waals surface area contributed by atoms with E-state index in [2.05, 4.69) is 5.32 Å². The van der Waals surface area contributed by atoms with Crippen molar-refractivity contribution >= 4 is 32.6 Å². The quantitative estimate of drug-likeness (QED) is 0.488. The van der Waals surface area contributed by atoms with Crippen LogP contribution in [0.4, 0.5) is 5.69 Å². The van der Waals surface area contributed by atoms with Gasteiger partial charge in [0, 0.05) is 42.2 Å². The van der Waals surface area contributed by atoms with Crippen molar-refractivity contribution in [2.24, 2.45) is 0 Å². The molecule has 2 heterocycles. The average molecular weight is 499 g/mol. The van der Waals surface area contributed by atoms with Crippen molar-refractivity contribution in [3.63, 3.8) is 0 Å². The molecular formula is C26H30N2O6S. The van der Waals surface area contributed by atoms with Gasteiger partial charge in [-0.2, -0.15) is 4.31 Å². The maximum Gasteiger partial charge on any atom is 0.339 e. The number of rotatable bonds is 7. The Morgan fingerprint density at radius 2 is 1.74 bits per heavy atom. The maximum atomic E-state index is 12.9. The van der Waals surface area contributed by atoms with Crippen LogP contribution in [0.5, 0.6) is 5.75 Å². The Hall–Kier alpha value is -3.17. The Kier molecular flexibility index (Phi) is 7.57. The van der Waals surface area contributed by atoms with Gasteiger partial charge in [-0.15, -0.1) is 0 Å². The molecule has 1 aliphatic heterocycles. The summed E-state index contributed by atoms with van der Waals surface area (Å²) in [4.78, 5) is 25.3. The lowest BCUT2D eigenvalue weighted by Gasteiger charge is -2.20. The summed E-state index contributed by atoms with van der Waals surface area (Å²) in [5.74, 6) is 0.319. The van der Waals surface area contributed by atoms with Crippen molar-refractivity contribution in [1.29, 1.82) is 0 Å². The van der Waals surface area contributed by atoms with Crippen LogP contribution >= 0.6 is 0 Å². The summed E-state index contributed by atoms with van der Waals surface area (Å²) in [7, 11) is -2.00. The van der Waals surface area contributed by atoms with Gasteiger partial charge in [-0.3, -0.25) is 4.79 Å². The van der Waals surface area contributed by atoms with Gasteiger partial charge in [0.15, 0.2) is 0 Å². The Labute approximate surface area is 204 Å². The Morgan fingerprint density at radius 1 is 1.06 bits per heavy atom. The van der Waals surface area contributed by atoms with Crippen LogP contribution in [0.1, 0.15) is 43.2 Å². The molecule has 1 N–H and O–H groups in total. The van der Waals surface area contributed by atoms with E-state index in [0.29, 0.717) is 35.7 Å². The van der Waals surface area contributed by atoms with Gasteiger partial charge in [-0.1, -0.05) is 12.8 Å². The number of nitrogens with zero attached hydrogens (tertiary/aromatic N) is 1. The van der Waals surface area contributed by atoms with Crippen LogP contribution in [0, 0.1) is 6.92 Å². The maximum absolute atomic E-state index is 12.9. The highest BCUT2D eigenvalue weighted by Crippen LogP contribution is 2.25. The molecule has 0 unspecified atom stereocenters. The van der Waals surface area contributed by atoms with Crippen molar-refractivity contribution in [1.82, 2.24) is 4.31 Å². The summed E-state index contributed by atoms with van der Waals surface area (Å²) in [5.41, 5.74) is 1.69. The molecule has 3 aromatic rings. The third-order valence-corrected chi connectivity index (χ3v) is 8.35. The molecule has 2 aromatic carbocycles. The molecule has 1 fully saturated rings. The Morgan fingerprint density at radius 3 is 2.40 bits per heavy atom. The van der Waals surface area contributed by atoms with Gasteiger partial charge in [0.05, 0.1) is 12.0 Å². The lowest BCUT2D eigenvalue weighted by molar-refractivity contribution is -0.116. The van der Waals surface area contributed by atoms with E-state index in [9.17, 15) is 18.0 Å². The summed E-state index contributed by atoms with van der Waals surface area (Å²) in [5, 5.41) is 3.57. The lowest BCUT2D eigenvalue weighted by atomic mass is 10.0. The number of carbonyl (C=O) groups is 1. The highest BCUT2D eigenvalue weighted by atomic mass is 32.2. The Balaban J connectivity index is 1.41. The average Bonchev–Trinajstić information content (AvgIpc) is 3.14. The number of carbonyl (C=O) groups excluding carboxylic acids is 1. The number of ether oxygens (including phenoxy) is 1. The molecule has 0 spiro atoms. The predicted octanol–water partition coefficient (Wildman–Crippen LogP) is 4.25. The first kappa shape index (κ1) is 24.9. The second kappa shape index (κ2) is 10.6. The first-order valence-electron chi connectivity index (χ1n) is 11.8. The fraction of sp³-hybridized carbons (Fsp3) is 0.385. The van der Waals surface area contributed by atoms with E-state index in [1.807, 2.05) is 13.0 Å². The van der Waals surface area contributed by atoms with Crippen LogP contribution in [0.15, 0.2) is 56.6 Å². The SMILES string of the molecule is COc1ccc2c(C)c(CCC(=O)Nc3ccc(S(=O)(=O)N4CCCCCC4)cc3)c(=O)oc2c1. The summed E-state index contributed by atoms with van der Waals surface area (Å²) >= 11 is 0. The number of anilines is 1.